The Morgan fingerprint density at radius 3 is 0.636 bits per heavy atom. The standard InChI is InChI=1S/C62H82O4/c1-5-9-13-17-21-25-37-63-47-29-33-51-55(41-47)56-42-48(64-38-26-22-18-14-10-6-2)30-34-52(56)60-46-62-54-36-32-50(66-40-28-24-20-16-12-8-4)44-58(54)57-43-49(65-39-27-23-19-15-11-7-3)31-35-53(57)61(62)45-59(51)60/h29-36,41-46H,5-28,37-40H2,1-4H3. The lowest BCUT2D eigenvalue weighted by molar-refractivity contribution is 0.304. The van der Waals surface area contributed by atoms with Crippen molar-refractivity contribution in [3.05, 3.63) is 84.9 Å². The first-order valence-corrected chi connectivity index (χ1v) is 26.9. The molecule has 66 heavy (non-hydrogen) atoms. The van der Waals surface area contributed by atoms with Gasteiger partial charge in [-0.05, 0) is 151 Å². The third kappa shape index (κ3) is 13.3. The maximum atomic E-state index is 6.48. The van der Waals surface area contributed by atoms with Gasteiger partial charge in [0.2, 0.25) is 0 Å². The van der Waals surface area contributed by atoms with Gasteiger partial charge in [0.25, 0.3) is 0 Å². The highest BCUT2D eigenvalue weighted by atomic mass is 16.5. The summed E-state index contributed by atoms with van der Waals surface area (Å²) in [5, 5.41) is 14.9. The van der Waals surface area contributed by atoms with Crippen molar-refractivity contribution >= 4 is 64.6 Å². The molecular formula is C62H82O4. The first-order valence-electron chi connectivity index (χ1n) is 26.9. The molecule has 0 N–H and O–H groups in total. The van der Waals surface area contributed by atoms with Crippen LogP contribution in [-0.2, 0) is 0 Å². The summed E-state index contributed by atoms with van der Waals surface area (Å²) in [7, 11) is 0. The summed E-state index contributed by atoms with van der Waals surface area (Å²) >= 11 is 0. The number of hydrogen-bond donors (Lipinski definition) is 0. The maximum Gasteiger partial charge on any atom is 0.119 e. The lowest BCUT2D eigenvalue weighted by Gasteiger charge is -2.18. The molecule has 0 heterocycles. The monoisotopic (exact) mass is 891 g/mol. The van der Waals surface area contributed by atoms with Crippen LogP contribution in [-0.4, -0.2) is 26.4 Å². The van der Waals surface area contributed by atoms with E-state index >= 15 is 0 Å². The zero-order valence-electron chi connectivity index (χ0n) is 41.5. The molecule has 7 aromatic rings. The van der Waals surface area contributed by atoms with Crippen molar-refractivity contribution in [2.24, 2.45) is 0 Å². The second kappa shape index (κ2) is 26.6. The van der Waals surface area contributed by atoms with E-state index in [9.17, 15) is 0 Å². The zero-order valence-corrected chi connectivity index (χ0v) is 41.5. The molecular weight excluding hydrogens is 809 g/mol. The summed E-state index contributed by atoms with van der Waals surface area (Å²) in [6, 6.07) is 32.0. The molecule has 7 rings (SSSR count). The Morgan fingerprint density at radius 1 is 0.212 bits per heavy atom. The summed E-state index contributed by atoms with van der Waals surface area (Å²) in [6.07, 6.45) is 30.0. The van der Waals surface area contributed by atoms with Crippen LogP contribution in [0, 0.1) is 0 Å². The maximum absolute atomic E-state index is 6.48. The van der Waals surface area contributed by atoms with Gasteiger partial charge in [0, 0.05) is 0 Å². The number of benzene rings is 7. The van der Waals surface area contributed by atoms with E-state index in [1.807, 2.05) is 0 Å². The summed E-state index contributed by atoms with van der Waals surface area (Å²) < 4.78 is 25.9. The minimum absolute atomic E-state index is 0.746. The van der Waals surface area contributed by atoms with Gasteiger partial charge in [-0.3, -0.25) is 0 Å². The van der Waals surface area contributed by atoms with Gasteiger partial charge in [-0.2, -0.15) is 0 Å². The predicted molar refractivity (Wildman–Crippen MR) is 287 cm³/mol. The fraction of sp³-hybridized carbons (Fsp3) is 0.516. The quantitative estimate of drug-likeness (QED) is 0.0240. The number of ether oxygens (including phenoxy) is 4. The van der Waals surface area contributed by atoms with Crippen molar-refractivity contribution in [1.82, 2.24) is 0 Å². The largest absolute Gasteiger partial charge is 0.494 e. The molecule has 0 bridgehead atoms. The first-order chi connectivity index (χ1) is 32.6. The smallest absolute Gasteiger partial charge is 0.119 e. The highest BCUT2D eigenvalue weighted by Gasteiger charge is 2.17. The molecule has 0 spiro atoms. The summed E-state index contributed by atoms with van der Waals surface area (Å²) in [6.45, 7) is 12.1. The second-order valence-electron chi connectivity index (χ2n) is 19.2. The highest BCUT2D eigenvalue weighted by Crippen LogP contribution is 2.44. The van der Waals surface area contributed by atoms with Crippen molar-refractivity contribution in [3.8, 4) is 23.0 Å². The zero-order chi connectivity index (χ0) is 45.8. The highest BCUT2D eigenvalue weighted by molar-refractivity contribution is 6.33. The van der Waals surface area contributed by atoms with E-state index in [-0.39, 0.29) is 0 Å². The van der Waals surface area contributed by atoms with Crippen molar-refractivity contribution < 1.29 is 18.9 Å². The molecule has 0 aliphatic carbocycles. The first kappa shape index (κ1) is 49.2. The molecule has 0 atom stereocenters. The average Bonchev–Trinajstić information content (AvgIpc) is 3.34. The van der Waals surface area contributed by atoms with Crippen LogP contribution in [0.15, 0.2) is 84.9 Å². The number of unbranched alkanes of at least 4 members (excludes halogenated alkanes) is 20. The molecule has 354 valence electrons. The predicted octanol–water partition coefficient (Wildman–Crippen LogP) is 19.6. The van der Waals surface area contributed by atoms with Gasteiger partial charge < -0.3 is 18.9 Å². The number of rotatable bonds is 32. The van der Waals surface area contributed by atoms with Crippen molar-refractivity contribution in [1.29, 1.82) is 0 Å². The lowest BCUT2D eigenvalue weighted by atomic mass is 9.88. The molecule has 0 amide bonds. The Morgan fingerprint density at radius 2 is 0.409 bits per heavy atom. The molecule has 0 fully saturated rings. The van der Waals surface area contributed by atoms with Gasteiger partial charge in [0.1, 0.15) is 23.0 Å². The Balaban J connectivity index is 1.28. The van der Waals surface area contributed by atoms with Gasteiger partial charge >= 0.3 is 0 Å². The Kier molecular flexibility index (Phi) is 19.8. The molecule has 4 heteroatoms. The summed E-state index contributed by atoms with van der Waals surface area (Å²) in [5.74, 6) is 3.76. The fourth-order valence-electron chi connectivity index (χ4n) is 10.1. The Labute approximate surface area is 398 Å². The van der Waals surface area contributed by atoms with E-state index < -0.39 is 0 Å². The van der Waals surface area contributed by atoms with Gasteiger partial charge in [0.15, 0.2) is 0 Å². The average molecular weight is 891 g/mol. The van der Waals surface area contributed by atoms with Crippen LogP contribution in [0.5, 0.6) is 23.0 Å². The molecule has 4 nitrogen and oxygen atoms in total. The van der Waals surface area contributed by atoms with E-state index in [0.717, 1.165) is 75.1 Å². The van der Waals surface area contributed by atoms with Crippen molar-refractivity contribution in [2.75, 3.05) is 26.4 Å². The van der Waals surface area contributed by atoms with E-state index in [0.29, 0.717) is 0 Å². The Bertz CT molecular complexity index is 2220. The van der Waals surface area contributed by atoms with E-state index in [1.165, 1.54) is 193 Å². The van der Waals surface area contributed by atoms with E-state index in [4.69, 9.17) is 18.9 Å². The van der Waals surface area contributed by atoms with Gasteiger partial charge in [-0.1, -0.05) is 180 Å². The van der Waals surface area contributed by atoms with Crippen LogP contribution in [0.1, 0.15) is 182 Å². The van der Waals surface area contributed by atoms with Crippen LogP contribution in [0.25, 0.3) is 64.6 Å². The van der Waals surface area contributed by atoms with Gasteiger partial charge in [0.05, 0.1) is 26.4 Å². The van der Waals surface area contributed by atoms with Crippen molar-refractivity contribution in [3.63, 3.8) is 0 Å². The van der Waals surface area contributed by atoms with Gasteiger partial charge in [-0.25, -0.2) is 0 Å². The molecule has 0 radical (unpaired) electrons. The normalized spacial score (nSPS) is 11.8. The number of hydrogen-bond acceptors (Lipinski definition) is 4. The molecule has 0 unspecified atom stereocenters. The molecule has 7 aromatic carbocycles. The van der Waals surface area contributed by atoms with Crippen LogP contribution in [0.4, 0.5) is 0 Å². The fourth-order valence-corrected chi connectivity index (χ4v) is 10.1. The van der Waals surface area contributed by atoms with Crippen LogP contribution >= 0.6 is 0 Å². The van der Waals surface area contributed by atoms with Gasteiger partial charge in [-0.15, -0.1) is 0 Å². The summed E-state index contributed by atoms with van der Waals surface area (Å²) in [5.41, 5.74) is 0. The Hall–Kier alpha value is -4.70. The molecule has 0 aromatic heterocycles. The van der Waals surface area contributed by atoms with Crippen LogP contribution in [0.3, 0.4) is 0 Å². The third-order valence-corrected chi connectivity index (χ3v) is 13.9. The summed E-state index contributed by atoms with van der Waals surface area (Å²) in [4.78, 5) is 0. The van der Waals surface area contributed by atoms with Crippen LogP contribution in [0.2, 0.25) is 0 Å². The lowest BCUT2D eigenvalue weighted by Crippen LogP contribution is -1.99. The SMILES string of the molecule is CCCCCCCCOc1ccc2c(c1)c1cc(OCCCCCCCC)ccc1c1cc3c4ccc(OCCCCCCCC)cc4c4cc(OCCCCCCCC)ccc4c3cc21. The molecule has 0 aliphatic heterocycles. The topological polar surface area (TPSA) is 36.9 Å². The third-order valence-electron chi connectivity index (χ3n) is 13.9. The second-order valence-corrected chi connectivity index (χ2v) is 19.2. The van der Waals surface area contributed by atoms with E-state index in [2.05, 4.69) is 113 Å². The minimum atomic E-state index is 0.746. The van der Waals surface area contributed by atoms with Crippen molar-refractivity contribution in [2.45, 2.75) is 182 Å². The molecule has 0 aliphatic rings. The molecule has 0 saturated carbocycles. The molecule has 0 saturated heterocycles. The van der Waals surface area contributed by atoms with Crippen LogP contribution < -0.4 is 18.9 Å². The number of fused-ring (bicyclic) bond motifs is 12. The van der Waals surface area contributed by atoms with E-state index in [1.54, 1.807) is 0 Å². The minimum Gasteiger partial charge on any atom is -0.494 e.